The number of hydrogen-bond donors (Lipinski definition) is 0. The molecule has 133 valence electrons. The van der Waals surface area contributed by atoms with Crippen molar-refractivity contribution in [2.45, 2.75) is 26.2 Å². The fourth-order valence-corrected chi connectivity index (χ4v) is 3.20. The van der Waals surface area contributed by atoms with Crippen molar-refractivity contribution >= 4 is 0 Å². The largest absolute Gasteiger partial charge is 0.275 e. The molecule has 0 saturated carbocycles. The van der Waals surface area contributed by atoms with Crippen LogP contribution >= 0.6 is 0 Å². The second-order valence-corrected chi connectivity index (χ2v) is 6.73. The maximum absolute atomic E-state index is 4.51. The Balaban J connectivity index is 1.88. The molecule has 0 amide bonds. The minimum Gasteiger partial charge on any atom is -0.275 e. The lowest BCUT2D eigenvalue weighted by Gasteiger charge is -2.13. The summed E-state index contributed by atoms with van der Waals surface area (Å²) in [6.45, 7) is 4.47. The third-order valence-corrected chi connectivity index (χ3v) is 4.98. The van der Waals surface area contributed by atoms with Crippen molar-refractivity contribution in [3.05, 3.63) is 90.5 Å². The van der Waals surface area contributed by atoms with E-state index in [1.807, 2.05) is 42.5 Å². The molecule has 0 aliphatic carbocycles. The third-order valence-electron chi connectivity index (χ3n) is 4.98. The molecule has 0 aliphatic heterocycles. The Morgan fingerprint density at radius 1 is 0.852 bits per heavy atom. The zero-order chi connectivity index (χ0) is 18.6. The van der Waals surface area contributed by atoms with Crippen LogP contribution in [0.15, 0.2) is 78.9 Å². The van der Waals surface area contributed by atoms with Crippen LogP contribution in [0, 0.1) is 6.07 Å². The summed E-state index contributed by atoms with van der Waals surface area (Å²) in [6.07, 6.45) is 1.13. The summed E-state index contributed by atoms with van der Waals surface area (Å²) in [5.74, 6) is 2.18. The van der Waals surface area contributed by atoms with Gasteiger partial charge in [0, 0.05) is 16.8 Å². The van der Waals surface area contributed by atoms with Crippen LogP contribution in [0.3, 0.4) is 0 Å². The van der Waals surface area contributed by atoms with E-state index in [2.05, 4.69) is 71.1 Å². The maximum Gasteiger partial charge on any atom is 0.169 e. The van der Waals surface area contributed by atoms with Crippen molar-refractivity contribution in [1.82, 2.24) is 14.8 Å². The Kier molecular flexibility index (Phi) is 4.84. The molecule has 4 aromatic rings. The molecule has 0 N–H and O–H groups in total. The molecule has 27 heavy (non-hydrogen) atoms. The topological polar surface area (TPSA) is 30.7 Å². The van der Waals surface area contributed by atoms with Crippen LogP contribution in [0.1, 0.15) is 31.7 Å². The first-order chi connectivity index (χ1) is 13.3. The third kappa shape index (κ3) is 3.41. The normalized spacial score (nSPS) is 12.1. The first kappa shape index (κ1) is 17.2. The van der Waals surface area contributed by atoms with E-state index in [0.29, 0.717) is 5.92 Å². The van der Waals surface area contributed by atoms with E-state index in [1.165, 1.54) is 5.56 Å². The standard InChI is InChI=1S/C24H22N3/c1-3-18(2)19-14-16-22(17-15-19)27-23(20-10-6-4-7-11-20)25-26-24(27)21-12-8-5-9-13-21/h4-12,14-18H,3H2,1-2H3. The fraction of sp³-hybridized carbons (Fsp3) is 0.167. The summed E-state index contributed by atoms with van der Waals surface area (Å²) in [4.78, 5) is 0. The van der Waals surface area contributed by atoms with Crippen molar-refractivity contribution in [2.75, 3.05) is 0 Å². The van der Waals surface area contributed by atoms with Gasteiger partial charge >= 0.3 is 0 Å². The lowest BCUT2D eigenvalue weighted by molar-refractivity contribution is 0.733. The van der Waals surface area contributed by atoms with E-state index in [4.69, 9.17) is 0 Å². The van der Waals surface area contributed by atoms with Crippen LogP contribution in [0.2, 0.25) is 0 Å². The Hall–Kier alpha value is -3.20. The van der Waals surface area contributed by atoms with Gasteiger partial charge in [-0.3, -0.25) is 4.57 Å². The SMILES string of the molecule is CCC(C)c1ccc(-n2c(-c3[c]cccc3)nnc2-c2ccccc2)cc1. The maximum atomic E-state index is 4.51. The summed E-state index contributed by atoms with van der Waals surface area (Å²) in [7, 11) is 0. The molecule has 1 unspecified atom stereocenters. The fourth-order valence-electron chi connectivity index (χ4n) is 3.20. The Labute approximate surface area is 160 Å². The summed E-state index contributed by atoms with van der Waals surface area (Å²) in [5, 5.41) is 9.00. The summed E-state index contributed by atoms with van der Waals surface area (Å²) in [5.41, 5.74) is 4.37. The van der Waals surface area contributed by atoms with Gasteiger partial charge < -0.3 is 0 Å². The number of hydrogen-bond acceptors (Lipinski definition) is 2. The molecule has 0 saturated heterocycles. The highest BCUT2D eigenvalue weighted by atomic mass is 15.3. The van der Waals surface area contributed by atoms with Gasteiger partial charge in [-0.2, -0.15) is 0 Å². The van der Waals surface area contributed by atoms with E-state index >= 15 is 0 Å². The average molecular weight is 352 g/mol. The second-order valence-electron chi connectivity index (χ2n) is 6.73. The van der Waals surface area contributed by atoms with Gasteiger partial charge in [0.2, 0.25) is 0 Å². The highest BCUT2D eigenvalue weighted by molar-refractivity contribution is 5.66. The molecule has 0 aliphatic rings. The quantitative estimate of drug-likeness (QED) is 0.447. The zero-order valence-corrected chi connectivity index (χ0v) is 15.6. The van der Waals surface area contributed by atoms with Crippen molar-refractivity contribution in [3.8, 4) is 28.5 Å². The summed E-state index contributed by atoms with van der Waals surface area (Å²) in [6, 6.07) is 30.1. The lowest BCUT2D eigenvalue weighted by Crippen LogP contribution is -2.01. The average Bonchev–Trinajstić information content (AvgIpc) is 3.20. The van der Waals surface area contributed by atoms with Crippen molar-refractivity contribution in [3.63, 3.8) is 0 Å². The van der Waals surface area contributed by atoms with Crippen LogP contribution in [-0.2, 0) is 0 Å². The molecule has 1 atom stereocenters. The molecule has 1 radical (unpaired) electrons. The van der Waals surface area contributed by atoms with E-state index in [-0.39, 0.29) is 0 Å². The smallest absolute Gasteiger partial charge is 0.169 e. The van der Waals surface area contributed by atoms with Crippen molar-refractivity contribution in [2.24, 2.45) is 0 Å². The predicted octanol–water partition coefficient (Wildman–Crippen LogP) is 5.91. The Bertz CT molecular complexity index is 946. The Morgan fingerprint density at radius 2 is 1.56 bits per heavy atom. The number of benzene rings is 3. The molecule has 0 bridgehead atoms. The predicted molar refractivity (Wildman–Crippen MR) is 110 cm³/mol. The molecule has 4 rings (SSSR count). The van der Waals surface area contributed by atoms with Crippen molar-refractivity contribution < 1.29 is 0 Å². The molecule has 3 nitrogen and oxygen atoms in total. The summed E-state index contributed by atoms with van der Waals surface area (Å²) < 4.78 is 2.11. The van der Waals surface area contributed by atoms with Gasteiger partial charge in [-0.05, 0) is 36.1 Å². The van der Waals surface area contributed by atoms with E-state index < -0.39 is 0 Å². The number of aromatic nitrogens is 3. The molecular formula is C24H22N3. The molecule has 1 aromatic heterocycles. The highest BCUT2D eigenvalue weighted by Gasteiger charge is 2.17. The van der Waals surface area contributed by atoms with E-state index in [0.717, 1.165) is 34.9 Å². The lowest BCUT2D eigenvalue weighted by atomic mass is 9.98. The van der Waals surface area contributed by atoms with E-state index in [1.54, 1.807) is 0 Å². The highest BCUT2D eigenvalue weighted by Crippen LogP contribution is 2.29. The van der Waals surface area contributed by atoms with Gasteiger partial charge in [-0.25, -0.2) is 0 Å². The Morgan fingerprint density at radius 3 is 2.22 bits per heavy atom. The van der Waals surface area contributed by atoms with Crippen LogP contribution in [0.4, 0.5) is 0 Å². The van der Waals surface area contributed by atoms with Crippen molar-refractivity contribution in [1.29, 1.82) is 0 Å². The van der Waals surface area contributed by atoms with Crippen LogP contribution in [-0.4, -0.2) is 14.8 Å². The van der Waals surface area contributed by atoms with Gasteiger partial charge in [0.15, 0.2) is 11.6 Å². The monoisotopic (exact) mass is 352 g/mol. The zero-order valence-electron chi connectivity index (χ0n) is 15.6. The molecule has 0 spiro atoms. The second kappa shape index (κ2) is 7.58. The minimum absolute atomic E-state index is 0.551. The number of nitrogens with zero attached hydrogens (tertiary/aromatic N) is 3. The molecule has 3 heteroatoms. The molecular weight excluding hydrogens is 330 g/mol. The minimum atomic E-state index is 0.551. The molecule has 0 fully saturated rings. The van der Waals surface area contributed by atoms with Gasteiger partial charge in [0.25, 0.3) is 0 Å². The van der Waals surface area contributed by atoms with Gasteiger partial charge in [0.1, 0.15) is 0 Å². The number of rotatable bonds is 5. The first-order valence-corrected chi connectivity index (χ1v) is 9.36. The van der Waals surface area contributed by atoms with E-state index in [9.17, 15) is 0 Å². The molecule has 1 heterocycles. The van der Waals surface area contributed by atoms with Gasteiger partial charge in [-0.1, -0.05) is 80.6 Å². The summed E-state index contributed by atoms with van der Waals surface area (Å²) >= 11 is 0. The van der Waals surface area contributed by atoms with Gasteiger partial charge in [-0.15, -0.1) is 10.2 Å². The first-order valence-electron chi connectivity index (χ1n) is 9.36. The van der Waals surface area contributed by atoms with Gasteiger partial charge in [0.05, 0.1) is 0 Å². The van der Waals surface area contributed by atoms with Crippen LogP contribution < -0.4 is 0 Å². The van der Waals surface area contributed by atoms with Crippen LogP contribution in [0.25, 0.3) is 28.5 Å². The molecule has 3 aromatic carbocycles. The van der Waals surface area contributed by atoms with Crippen LogP contribution in [0.5, 0.6) is 0 Å².